The minimum Gasteiger partial charge on any atom is -0.445 e. The number of oxazole rings is 1. The molecular formula is C18H16ClN3O3S. The number of hydrogen-bond donors (Lipinski definition) is 2. The Morgan fingerprint density at radius 2 is 2.08 bits per heavy atom. The van der Waals surface area contributed by atoms with Gasteiger partial charge in [0, 0.05) is 29.6 Å². The minimum atomic E-state index is -0.183. The molecule has 2 fully saturated rings. The number of thiol groups is 1. The van der Waals surface area contributed by atoms with Crippen molar-refractivity contribution in [3.63, 3.8) is 0 Å². The van der Waals surface area contributed by atoms with Gasteiger partial charge in [0.05, 0.1) is 0 Å². The van der Waals surface area contributed by atoms with Crippen LogP contribution in [0.15, 0.2) is 44.3 Å². The van der Waals surface area contributed by atoms with Crippen LogP contribution >= 0.6 is 24.2 Å². The first-order chi connectivity index (χ1) is 12.5. The fourth-order valence-corrected chi connectivity index (χ4v) is 4.31. The van der Waals surface area contributed by atoms with E-state index in [4.69, 9.17) is 20.4 Å². The SMILES string of the molecule is O=C(NC1CC2(C1)CN(c1nc3cc(Cl)ccc3o1)C2)c1ccc(S)o1. The Bertz CT molecular complexity index is 1000. The van der Waals surface area contributed by atoms with Crippen molar-refractivity contribution in [1.82, 2.24) is 10.3 Å². The van der Waals surface area contributed by atoms with Gasteiger partial charge in [0.25, 0.3) is 11.9 Å². The molecule has 2 aromatic heterocycles. The van der Waals surface area contributed by atoms with Crippen LogP contribution in [-0.4, -0.2) is 30.0 Å². The largest absolute Gasteiger partial charge is 0.445 e. The van der Waals surface area contributed by atoms with Gasteiger partial charge in [0.15, 0.2) is 16.4 Å². The topological polar surface area (TPSA) is 71.5 Å². The van der Waals surface area contributed by atoms with Crippen LogP contribution in [0.25, 0.3) is 11.1 Å². The number of rotatable bonds is 3. The Morgan fingerprint density at radius 1 is 1.27 bits per heavy atom. The molecule has 1 aliphatic carbocycles. The van der Waals surface area contributed by atoms with Crippen LogP contribution in [0.3, 0.4) is 0 Å². The highest BCUT2D eigenvalue weighted by Gasteiger charge is 2.53. The molecule has 8 heteroatoms. The molecule has 1 amide bonds. The van der Waals surface area contributed by atoms with E-state index in [1.54, 1.807) is 24.3 Å². The number of aromatic nitrogens is 1. The van der Waals surface area contributed by atoms with E-state index >= 15 is 0 Å². The molecule has 1 N–H and O–H groups in total. The lowest BCUT2D eigenvalue weighted by Crippen LogP contribution is -2.66. The highest BCUT2D eigenvalue weighted by atomic mass is 35.5. The molecule has 1 aromatic carbocycles. The number of hydrogen-bond acceptors (Lipinski definition) is 6. The van der Waals surface area contributed by atoms with E-state index in [0.29, 0.717) is 21.9 Å². The molecule has 0 radical (unpaired) electrons. The van der Waals surface area contributed by atoms with Gasteiger partial charge in [-0.2, -0.15) is 4.98 Å². The zero-order valence-electron chi connectivity index (χ0n) is 13.7. The zero-order chi connectivity index (χ0) is 17.9. The van der Waals surface area contributed by atoms with E-state index < -0.39 is 0 Å². The van der Waals surface area contributed by atoms with Gasteiger partial charge in [-0.05, 0) is 43.2 Å². The summed E-state index contributed by atoms with van der Waals surface area (Å²) in [7, 11) is 0. The van der Waals surface area contributed by atoms with Crippen LogP contribution in [-0.2, 0) is 0 Å². The third-order valence-corrected chi connectivity index (χ3v) is 5.65. The summed E-state index contributed by atoms with van der Waals surface area (Å²) in [5, 5.41) is 4.10. The quantitative estimate of drug-likeness (QED) is 0.667. The van der Waals surface area contributed by atoms with E-state index in [9.17, 15) is 4.79 Å². The van der Waals surface area contributed by atoms with Gasteiger partial charge in [-0.25, -0.2) is 0 Å². The zero-order valence-corrected chi connectivity index (χ0v) is 15.4. The average Bonchev–Trinajstić information content (AvgIpc) is 3.13. The summed E-state index contributed by atoms with van der Waals surface area (Å²) >= 11 is 10.1. The first-order valence-electron chi connectivity index (χ1n) is 8.40. The fraction of sp³-hybridized carbons (Fsp3) is 0.333. The molecular weight excluding hydrogens is 374 g/mol. The number of anilines is 1. The molecule has 3 heterocycles. The van der Waals surface area contributed by atoms with E-state index in [0.717, 1.165) is 37.0 Å². The Balaban J connectivity index is 1.18. The van der Waals surface area contributed by atoms with Crippen molar-refractivity contribution < 1.29 is 13.6 Å². The maximum atomic E-state index is 12.1. The average molecular weight is 390 g/mol. The lowest BCUT2D eigenvalue weighted by atomic mass is 9.61. The van der Waals surface area contributed by atoms with Gasteiger partial charge in [-0.3, -0.25) is 4.79 Å². The number of amides is 1. The maximum absolute atomic E-state index is 12.1. The first kappa shape index (κ1) is 16.1. The molecule has 3 aromatic rings. The van der Waals surface area contributed by atoms with Gasteiger partial charge in [-0.15, -0.1) is 12.6 Å². The van der Waals surface area contributed by atoms with E-state index in [2.05, 4.69) is 27.8 Å². The van der Waals surface area contributed by atoms with Crippen LogP contribution in [0, 0.1) is 5.41 Å². The second-order valence-corrected chi connectivity index (χ2v) is 8.06. The summed E-state index contributed by atoms with van der Waals surface area (Å²) in [6, 6.07) is 9.56. The van der Waals surface area contributed by atoms with Gasteiger partial charge in [0.2, 0.25) is 0 Å². The van der Waals surface area contributed by atoms with Crippen molar-refractivity contribution in [2.75, 3.05) is 18.0 Å². The van der Waals surface area contributed by atoms with Gasteiger partial charge in [0.1, 0.15) is 5.52 Å². The number of carbonyl (C=O) groups is 1. The minimum absolute atomic E-state index is 0.181. The maximum Gasteiger partial charge on any atom is 0.298 e. The van der Waals surface area contributed by atoms with E-state index in [1.807, 2.05) is 6.07 Å². The molecule has 6 nitrogen and oxygen atoms in total. The third kappa shape index (κ3) is 2.66. The number of benzene rings is 1. The predicted molar refractivity (Wildman–Crippen MR) is 100 cm³/mol. The van der Waals surface area contributed by atoms with Gasteiger partial charge in [-0.1, -0.05) is 11.6 Å². The highest BCUT2D eigenvalue weighted by Crippen LogP contribution is 2.49. The molecule has 1 aliphatic heterocycles. The molecule has 0 unspecified atom stereocenters. The smallest absolute Gasteiger partial charge is 0.298 e. The molecule has 26 heavy (non-hydrogen) atoms. The number of furan rings is 1. The lowest BCUT2D eigenvalue weighted by Gasteiger charge is -2.58. The van der Waals surface area contributed by atoms with Crippen LogP contribution < -0.4 is 10.2 Å². The number of nitrogens with zero attached hydrogens (tertiary/aromatic N) is 2. The molecule has 0 bridgehead atoms. The van der Waals surface area contributed by atoms with E-state index in [-0.39, 0.29) is 17.4 Å². The van der Waals surface area contributed by atoms with Crippen molar-refractivity contribution >= 4 is 47.3 Å². The Morgan fingerprint density at radius 3 is 2.81 bits per heavy atom. The van der Waals surface area contributed by atoms with Gasteiger partial charge >= 0.3 is 0 Å². The number of fused-ring (bicyclic) bond motifs is 1. The summed E-state index contributed by atoms with van der Waals surface area (Å²) in [5.74, 6) is 0.119. The molecule has 1 saturated heterocycles. The standard InChI is InChI=1S/C18H16ClN3O3S/c19-10-1-2-13-12(5-10)21-17(25-13)22-8-18(9-22)6-11(7-18)20-16(23)14-3-4-15(26)24-14/h1-5,11,26H,6-9H2,(H,20,23). The van der Waals surface area contributed by atoms with Crippen molar-refractivity contribution in [1.29, 1.82) is 0 Å². The van der Waals surface area contributed by atoms with Crippen molar-refractivity contribution in [2.45, 2.75) is 24.0 Å². The predicted octanol–water partition coefficient (Wildman–Crippen LogP) is 3.76. The second-order valence-electron chi connectivity index (χ2n) is 7.18. The molecule has 1 saturated carbocycles. The second kappa shape index (κ2) is 5.69. The molecule has 5 rings (SSSR count). The first-order valence-corrected chi connectivity index (χ1v) is 9.23. The summed E-state index contributed by atoms with van der Waals surface area (Å²) in [5.41, 5.74) is 1.76. The van der Waals surface area contributed by atoms with Crippen molar-refractivity contribution in [3.05, 3.63) is 41.1 Å². The molecule has 2 aliphatic rings. The summed E-state index contributed by atoms with van der Waals surface area (Å²) in [6.45, 7) is 1.78. The summed E-state index contributed by atoms with van der Waals surface area (Å²) in [4.78, 5) is 18.8. The summed E-state index contributed by atoms with van der Waals surface area (Å²) in [6.07, 6.45) is 1.91. The normalized spacial score (nSPS) is 18.8. The Hall–Kier alpha value is -2.12. The third-order valence-electron chi connectivity index (χ3n) is 5.17. The fourth-order valence-electron chi connectivity index (χ4n) is 3.97. The van der Waals surface area contributed by atoms with E-state index in [1.165, 1.54) is 0 Å². The van der Waals surface area contributed by atoms with Crippen LogP contribution in [0.4, 0.5) is 6.01 Å². The van der Waals surface area contributed by atoms with Gasteiger partial charge < -0.3 is 19.1 Å². The van der Waals surface area contributed by atoms with Crippen molar-refractivity contribution in [3.8, 4) is 0 Å². The molecule has 1 spiro atoms. The van der Waals surface area contributed by atoms with Crippen LogP contribution in [0.1, 0.15) is 23.4 Å². The molecule has 0 atom stereocenters. The number of carbonyl (C=O) groups excluding carboxylic acids is 1. The number of nitrogens with one attached hydrogen (secondary N) is 1. The van der Waals surface area contributed by atoms with Crippen LogP contribution in [0.5, 0.6) is 0 Å². The lowest BCUT2D eigenvalue weighted by molar-refractivity contribution is 0.0403. The number of halogens is 1. The molecule has 134 valence electrons. The monoisotopic (exact) mass is 389 g/mol. The summed E-state index contributed by atoms with van der Waals surface area (Å²) < 4.78 is 11.0. The van der Waals surface area contributed by atoms with Crippen molar-refractivity contribution in [2.24, 2.45) is 5.41 Å². The Kier molecular flexibility index (Phi) is 3.52. The highest BCUT2D eigenvalue weighted by molar-refractivity contribution is 7.80. The Labute approximate surface area is 159 Å². The van der Waals surface area contributed by atoms with Crippen LogP contribution in [0.2, 0.25) is 5.02 Å².